The second-order valence-corrected chi connectivity index (χ2v) is 4.71. The smallest absolute Gasteiger partial charge is 0.228 e. The zero-order valence-electron chi connectivity index (χ0n) is 10.1. The Bertz CT molecular complexity index is 603. The van der Waals surface area contributed by atoms with Crippen molar-refractivity contribution >= 4 is 23.1 Å². The van der Waals surface area contributed by atoms with E-state index in [-0.39, 0.29) is 23.1 Å². The monoisotopic (exact) mass is 276 g/mol. The number of carboxylic acids is 1. The summed E-state index contributed by atoms with van der Waals surface area (Å²) in [7, 11) is 0. The van der Waals surface area contributed by atoms with Crippen molar-refractivity contribution in [3.63, 3.8) is 0 Å². The lowest BCUT2D eigenvalue weighted by Gasteiger charge is -2.04. The Morgan fingerprint density at radius 2 is 2.00 bits per heavy atom. The number of hydrogen-bond donors (Lipinski definition) is 0. The van der Waals surface area contributed by atoms with E-state index >= 15 is 0 Å². The molecule has 0 aliphatic rings. The fraction of sp³-hybridized carbons (Fsp3) is 0.154. The van der Waals surface area contributed by atoms with Crippen molar-refractivity contribution in [1.29, 1.82) is 0 Å². The van der Waals surface area contributed by atoms with E-state index in [4.69, 9.17) is 4.74 Å². The van der Waals surface area contributed by atoms with Crippen LogP contribution in [0.4, 0.5) is 0 Å². The van der Waals surface area contributed by atoms with E-state index in [2.05, 4.69) is 4.98 Å². The van der Waals surface area contributed by atoms with Crippen LogP contribution in [-0.4, -0.2) is 23.3 Å². The molecule has 5 nitrogen and oxygen atoms in total. The molecule has 0 atom stereocenters. The number of aromatic carboxylic acids is 1. The standard InChI is InChI=1S/C13H11NO4S/c1-8-2-4-9(5-3-8)18-6-11(15)12-14-10(7-19-12)13(16)17/h2-5,7H,6H2,1H3,(H,16,17)/p-1. The molecule has 2 rings (SSSR count). The Hall–Kier alpha value is -2.21. The van der Waals surface area contributed by atoms with E-state index < -0.39 is 5.97 Å². The van der Waals surface area contributed by atoms with Gasteiger partial charge in [0.05, 0.1) is 11.7 Å². The fourth-order valence-electron chi connectivity index (χ4n) is 1.34. The van der Waals surface area contributed by atoms with Gasteiger partial charge < -0.3 is 14.6 Å². The largest absolute Gasteiger partial charge is 0.543 e. The highest BCUT2D eigenvalue weighted by atomic mass is 32.1. The molecule has 0 aliphatic heterocycles. The predicted octanol–water partition coefficient (Wildman–Crippen LogP) is 1.08. The number of nitrogens with zero attached hydrogens (tertiary/aromatic N) is 1. The molecule has 0 fully saturated rings. The first kappa shape index (κ1) is 13.2. The van der Waals surface area contributed by atoms with E-state index in [1.807, 2.05) is 19.1 Å². The minimum absolute atomic E-state index is 0.103. The number of rotatable bonds is 5. The quantitative estimate of drug-likeness (QED) is 0.763. The highest BCUT2D eigenvalue weighted by Crippen LogP contribution is 2.14. The molecular weight excluding hydrogens is 266 g/mol. The normalized spacial score (nSPS) is 10.2. The van der Waals surface area contributed by atoms with Crippen LogP contribution in [0.2, 0.25) is 0 Å². The number of aryl methyl sites for hydroxylation is 1. The lowest BCUT2D eigenvalue weighted by molar-refractivity contribution is -0.255. The minimum atomic E-state index is -1.39. The third-order valence-electron chi connectivity index (χ3n) is 2.34. The van der Waals surface area contributed by atoms with Crippen molar-refractivity contribution < 1.29 is 19.4 Å². The molecule has 1 aromatic heterocycles. The van der Waals surface area contributed by atoms with Gasteiger partial charge in [-0.2, -0.15) is 0 Å². The van der Waals surface area contributed by atoms with Gasteiger partial charge in [0, 0.05) is 5.38 Å². The van der Waals surface area contributed by atoms with E-state index in [0.717, 1.165) is 16.9 Å². The highest BCUT2D eigenvalue weighted by molar-refractivity contribution is 7.11. The summed E-state index contributed by atoms with van der Waals surface area (Å²) in [4.78, 5) is 25.9. The Kier molecular flexibility index (Phi) is 3.91. The van der Waals surface area contributed by atoms with Crippen LogP contribution in [0.25, 0.3) is 0 Å². The molecule has 0 unspecified atom stereocenters. The summed E-state index contributed by atoms with van der Waals surface area (Å²) in [6.07, 6.45) is 0. The number of ketones is 1. The van der Waals surface area contributed by atoms with Crippen LogP contribution in [0, 0.1) is 6.92 Å². The molecule has 0 saturated heterocycles. The lowest BCUT2D eigenvalue weighted by atomic mass is 10.2. The number of Topliss-reactive ketones (excluding diaryl/α,β-unsaturated/α-hetero) is 1. The zero-order chi connectivity index (χ0) is 13.8. The van der Waals surface area contributed by atoms with E-state index in [9.17, 15) is 14.7 Å². The second-order valence-electron chi connectivity index (χ2n) is 3.85. The van der Waals surface area contributed by atoms with Gasteiger partial charge in [-0.1, -0.05) is 17.7 Å². The van der Waals surface area contributed by atoms with Crippen molar-refractivity contribution in [1.82, 2.24) is 4.98 Å². The summed E-state index contributed by atoms with van der Waals surface area (Å²) in [5.74, 6) is -1.18. The van der Waals surface area contributed by atoms with Crippen LogP contribution >= 0.6 is 11.3 Å². The molecule has 0 spiro atoms. The van der Waals surface area contributed by atoms with Crippen molar-refractivity contribution in [3.05, 3.63) is 45.9 Å². The first-order chi connectivity index (χ1) is 9.06. The number of aromatic nitrogens is 1. The number of benzene rings is 1. The van der Waals surface area contributed by atoms with Gasteiger partial charge in [0.25, 0.3) is 0 Å². The van der Waals surface area contributed by atoms with Crippen LogP contribution in [-0.2, 0) is 0 Å². The van der Waals surface area contributed by atoms with E-state index in [1.54, 1.807) is 12.1 Å². The number of carbonyl (C=O) groups is 2. The summed E-state index contributed by atoms with van der Waals surface area (Å²) in [5, 5.41) is 11.9. The van der Waals surface area contributed by atoms with Crippen LogP contribution < -0.4 is 9.84 Å². The average Bonchev–Trinajstić information content (AvgIpc) is 2.87. The van der Waals surface area contributed by atoms with Gasteiger partial charge in [-0.15, -0.1) is 11.3 Å². The summed E-state index contributed by atoms with van der Waals surface area (Å²) in [6.45, 7) is 1.77. The van der Waals surface area contributed by atoms with Gasteiger partial charge in [0.1, 0.15) is 5.75 Å². The molecule has 0 N–H and O–H groups in total. The van der Waals surface area contributed by atoms with Crippen LogP contribution in [0.5, 0.6) is 5.75 Å². The minimum Gasteiger partial charge on any atom is -0.543 e. The Morgan fingerprint density at radius 1 is 1.32 bits per heavy atom. The molecular formula is C13H10NO4S-. The topological polar surface area (TPSA) is 79.3 Å². The fourth-order valence-corrected chi connectivity index (χ4v) is 2.05. The summed E-state index contributed by atoms with van der Waals surface area (Å²) in [6, 6.07) is 7.27. The molecule has 19 heavy (non-hydrogen) atoms. The Labute approximate surface area is 113 Å². The molecule has 98 valence electrons. The molecule has 0 aliphatic carbocycles. The maximum absolute atomic E-state index is 11.7. The molecule has 1 aromatic carbocycles. The second kappa shape index (κ2) is 5.62. The number of carboxylic acid groups (broad SMARTS) is 1. The molecule has 0 saturated carbocycles. The van der Waals surface area contributed by atoms with E-state index in [1.165, 1.54) is 5.38 Å². The highest BCUT2D eigenvalue weighted by Gasteiger charge is 2.12. The van der Waals surface area contributed by atoms with Crippen LogP contribution in [0.3, 0.4) is 0 Å². The Balaban J connectivity index is 1.97. The third-order valence-corrected chi connectivity index (χ3v) is 3.23. The van der Waals surface area contributed by atoms with Crippen LogP contribution in [0.15, 0.2) is 29.6 Å². The summed E-state index contributed by atoms with van der Waals surface area (Å²) < 4.78 is 5.30. The van der Waals surface area contributed by atoms with Crippen molar-refractivity contribution in [2.24, 2.45) is 0 Å². The van der Waals surface area contributed by atoms with Gasteiger partial charge >= 0.3 is 0 Å². The Morgan fingerprint density at radius 3 is 2.58 bits per heavy atom. The SMILES string of the molecule is Cc1ccc(OCC(=O)c2nc(C(=O)[O-])cs2)cc1. The maximum Gasteiger partial charge on any atom is 0.228 e. The molecule has 1 heterocycles. The average molecular weight is 276 g/mol. The summed E-state index contributed by atoms with van der Waals surface area (Å²) >= 11 is 0.962. The molecule has 0 radical (unpaired) electrons. The van der Waals surface area contributed by atoms with Crippen molar-refractivity contribution in [2.45, 2.75) is 6.92 Å². The predicted molar refractivity (Wildman–Crippen MR) is 67.4 cm³/mol. The maximum atomic E-state index is 11.7. The third kappa shape index (κ3) is 3.38. The van der Waals surface area contributed by atoms with Gasteiger partial charge in [-0.3, -0.25) is 4.79 Å². The van der Waals surface area contributed by atoms with Crippen molar-refractivity contribution in [2.75, 3.05) is 6.61 Å². The van der Waals surface area contributed by atoms with Crippen LogP contribution in [0.1, 0.15) is 25.9 Å². The molecule has 0 amide bonds. The van der Waals surface area contributed by atoms with E-state index in [0.29, 0.717) is 5.75 Å². The zero-order valence-corrected chi connectivity index (χ0v) is 10.9. The number of hydrogen-bond acceptors (Lipinski definition) is 6. The lowest BCUT2D eigenvalue weighted by Crippen LogP contribution is -2.23. The molecule has 2 aromatic rings. The number of thiazole rings is 1. The molecule has 6 heteroatoms. The van der Waals surface area contributed by atoms with Crippen molar-refractivity contribution in [3.8, 4) is 5.75 Å². The first-order valence-corrected chi connectivity index (χ1v) is 6.34. The van der Waals surface area contributed by atoms with Gasteiger partial charge in [-0.25, -0.2) is 4.98 Å². The molecule has 0 bridgehead atoms. The summed E-state index contributed by atoms with van der Waals surface area (Å²) in [5.41, 5.74) is 0.862. The van der Waals surface area contributed by atoms with Gasteiger partial charge in [0.2, 0.25) is 5.78 Å². The first-order valence-electron chi connectivity index (χ1n) is 5.46. The number of ether oxygens (including phenoxy) is 1. The van der Waals surface area contributed by atoms with Gasteiger partial charge in [0.15, 0.2) is 11.6 Å². The number of carbonyl (C=O) groups excluding carboxylic acids is 2. The van der Waals surface area contributed by atoms with Gasteiger partial charge in [-0.05, 0) is 19.1 Å².